The molecule has 4 rings (SSSR count). The summed E-state index contributed by atoms with van der Waals surface area (Å²) in [7, 11) is 0. The molecule has 2 aliphatic heterocycles. The Morgan fingerprint density at radius 1 is 1.23 bits per heavy atom. The van der Waals surface area contributed by atoms with Gasteiger partial charge in [-0.2, -0.15) is 0 Å². The normalized spacial score (nSPS) is 17.9. The van der Waals surface area contributed by atoms with Crippen molar-refractivity contribution in [3.63, 3.8) is 0 Å². The molecule has 0 spiro atoms. The molecular formula is C23H28N2O4S. The number of nitrogens with zero attached hydrogens (tertiary/aromatic N) is 1. The maximum absolute atomic E-state index is 12.5. The first kappa shape index (κ1) is 20.7. The fraction of sp³-hybridized carbons (Fsp3) is 0.478. The van der Waals surface area contributed by atoms with E-state index in [0.29, 0.717) is 39.1 Å². The molecule has 0 aliphatic carbocycles. The van der Waals surface area contributed by atoms with E-state index < -0.39 is 0 Å². The number of piperidine rings is 1. The summed E-state index contributed by atoms with van der Waals surface area (Å²) in [6.45, 7) is 6.21. The predicted molar refractivity (Wildman–Crippen MR) is 116 cm³/mol. The van der Waals surface area contributed by atoms with Gasteiger partial charge in [0.2, 0.25) is 5.91 Å². The second kappa shape index (κ2) is 8.68. The molecule has 1 aromatic carbocycles. The zero-order chi connectivity index (χ0) is 21.1. The fourth-order valence-electron chi connectivity index (χ4n) is 4.08. The van der Waals surface area contributed by atoms with Gasteiger partial charge in [-0.15, -0.1) is 11.3 Å². The van der Waals surface area contributed by atoms with E-state index in [0.717, 1.165) is 28.4 Å². The van der Waals surface area contributed by atoms with Crippen molar-refractivity contribution in [3.8, 4) is 11.5 Å². The van der Waals surface area contributed by atoms with E-state index in [4.69, 9.17) is 9.47 Å². The third-order valence-corrected chi connectivity index (χ3v) is 6.46. The highest BCUT2D eigenvalue weighted by Gasteiger charge is 2.32. The molecule has 3 heterocycles. The minimum absolute atomic E-state index is 0.0393. The van der Waals surface area contributed by atoms with Crippen molar-refractivity contribution in [1.82, 2.24) is 10.2 Å². The van der Waals surface area contributed by atoms with Crippen molar-refractivity contribution >= 4 is 23.2 Å². The highest BCUT2D eigenvalue weighted by atomic mass is 32.1. The van der Waals surface area contributed by atoms with Crippen LogP contribution in [-0.4, -0.2) is 48.6 Å². The number of likely N-dealkylation sites (tertiary alicyclic amines) is 1. The smallest absolute Gasteiger partial charge is 0.263 e. The summed E-state index contributed by atoms with van der Waals surface area (Å²) in [4.78, 5) is 27.5. The van der Waals surface area contributed by atoms with Gasteiger partial charge in [0.05, 0.1) is 11.4 Å². The largest absolute Gasteiger partial charge is 0.488 e. The van der Waals surface area contributed by atoms with Crippen LogP contribution in [0.5, 0.6) is 11.5 Å². The molecule has 0 atom stereocenters. The van der Waals surface area contributed by atoms with Gasteiger partial charge < -0.3 is 19.7 Å². The number of carbonyl (C=O) groups excluding carboxylic acids is 2. The van der Waals surface area contributed by atoms with Crippen molar-refractivity contribution in [3.05, 3.63) is 46.2 Å². The number of carbonyl (C=O) groups is 2. The first-order valence-electron chi connectivity index (χ1n) is 10.5. The Morgan fingerprint density at radius 3 is 2.77 bits per heavy atom. The highest BCUT2D eigenvalue weighted by molar-refractivity contribution is 7.12. The van der Waals surface area contributed by atoms with Crippen molar-refractivity contribution in [2.45, 2.75) is 38.7 Å². The topological polar surface area (TPSA) is 67.9 Å². The summed E-state index contributed by atoms with van der Waals surface area (Å²) in [5.74, 6) is 1.60. The molecule has 0 radical (unpaired) electrons. The summed E-state index contributed by atoms with van der Waals surface area (Å²) in [6.07, 6.45) is 2.25. The van der Waals surface area contributed by atoms with Gasteiger partial charge in [-0.25, -0.2) is 0 Å². The summed E-state index contributed by atoms with van der Waals surface area (Å²) < 4.78 is 11.9. The van der Waals surface area contributed by atoms with Crippen LogP contribution < -0.4 is 14.8 Å². The van der Waals surface area contributed by atoms with Gasteiger partial charge in [0.1, 0.15) is 12.2 Å². The lowest BCUT2D eigenvalue weighted by atomic mass is 9.96. The lowest BCUT2D eigenvalue weighted by Gasteiger charge is -2.31. The SMILES string of the molecule is CC1(C)Cc2cccc(OCCNC(=O)C3CCN(C(=O)c4cccs4)CC3)c2O1. The number of hydrogen-bond acceptors (Lipinski definition) is 5. The summed E-state index contributed by atoms with van der Waals surface area (Å²) in [5.41, 5.74) is 0.945. The van der Waals surface area contributed by atoms with E-state index in [1.165, 1.54) is 11.3 Å². The van der Waals surface area contributed by atoms with E-state index in [1.807, 2.05) is 34.5 Å². The van der Waals surface area contributed by atoms with Crippen LogP contribution in [0.3, 0.4) is 0 Å². The molecule has 2 amide bonds. The zero-order valence-electron chi connectivity index (χ0n) is 17.5. The summed E-state index contributed by atoms with van der Waals surface area (Å²) >= 11 is 1.46. The standard InChI is InChI=1S/C23H28N2O4S/c1-23(2)15-17-5-3-6-18(20(17)29-23)28-13-10-24-21(26)16-8-11-25(12-9-16)22(27)19-7-4-14-30-19/h3-7,14,16H,8-13,15H2,1-2H3,(H,24,26). The van der Waals surface area contributed by atoms with Gasteiger partial charge in [-0.3, -0.25) is 9.59 Å². The molecule has 6 nitrogen and oxygen atoms in total. The van der Waals surface area contributed by atoms with Crippen LogP contribution in [0.4, 0.5) is 0 Å². The highest BCUT2D eigenvalue weighted by Crippen LogP contribution is 2.41. The number of fused-ring (bicyclic) bond motifs is 1. The number of nitrogens with one attached hydrogen (secondary N) is 1. The van der Waals surface area contributed by atoms with Crippen molar-refractivity contribution < 1.29 is 19.1 Å². The number of thiophene rings is 1. The van der Waals surface area contributed by atoms with Crippen LogP contribution in [0.2, 0.25) is 0 Å². The van der Waals surface area contributed by atoms with Gasteiger partial charge in [0.15, 0.2) is 11.5 Å². The average molecular weight is 429 g/mol. The van der Waals surface area contributed by atoms with E-state index in [-0.39, 0.29) is 23.3 Å². The maximum Gasteiger partial charge on any atom is 0.263 e. The lowest BCUT2D eigenvalue weighted by Crippen LogP contribution is -2.43. The molecule has 2 aliphatic rings. The monoisotopic (exact) mass is 428 g/mol. The van der Waals surface area contributed by atoms with Crippen molar-refractivity contribution in [2.24, 2.45) is 5.92 Å². The minimum atomic E-state index is -0.213. The Balaban J connectivity index is 1.20. The number of rotatable bonds is 6. The van der Waals surface area contributed by atoms with Crippen LogP contribution in [0, 0.1) is 5.92 Å². The third-order valence-electron chi connectivity index (χ3n) is 5.60. The van der Waals surface area contributed by atoms with Gasteiger partial charge in [-0.1, -0.05) is 18.2 Å². The molecular weight excluding hydrogens is 400 g/mol. The lowest BCUT2D eigenvalue weighted by molar-refractivity contribution is -0.126. The first-order chi connectivity index (χ1) is 14.4. The van der Waals surface area contributed by atoms with E-state index in [9.17, 15) is 9.59 Å². The molecule has 0 unspecified atom stereocenters. The number of para-hydroxylation sites is 1. The summed E-state index contributed by atoms with van der Waals surface area (Å²) in [5, 5.41) is 4.88. The van der Waals surface area contributed by atoms with E-state index in [1.54, 1.807) is 0 Å². The Bertz CT molecular complexity index is 902. The molecule has 0 bridgehead atoms. The third kappa shape index (κ3) is 4.61. The number of benzene rings is 1. The van der Waals surface area contributed by atoms with Crippen LogP contribution >= 0.6 is 11.3 Å². The zero-order valence-corrected chi connectivity index (χ0v) is 18.3. The van der Waals surface area contributed by atoms with Gasteiger partial charge in [-0.05, 0) is 44.2 Å². The second-order valence-electron chi connectivity index (χ2n) is 8.47. The van der Waals surface area contributed by atoms with Crippen LogP contribution in [0.25, 0.3) is 0 Å². The van der Waals surface area contributed by atoms with E-state index in [2.05, 4.69) is 25.2 Å². The number of hydrogen-bond donors (Lipinski definition) is 1. The second-order valence-corrected chi connectivity index (χ2v) is 9.41. The Morgan fingerprint density at radius 2 is 2.03 bits per heavy atom. The van der Waals surface area contributed by atoms with Crippen molar-refractivity contribution in [1.29, 1.82) is 0 Å². The number of ether oxygens (including phenoxy) is 2. The Hall–Kier alpha value is -2.54. The van der Waals surface area contributed by atoms with Gasteiger partial charge in [0.25, 0.3) is 5.91 Å². The predicted octanol–water partition coefficient (Wildman–Crippen LogP) is 3.51. The van der Waals surface area contributed by atoms with Crippen LogP contribution in [0.1, 0.15) is 41.9 Å². The van der Waals surface area contributed by atoms with Gasteiger partial charge >= 0.3 is 0 Å². The van der Waals surface area contributed by atoms with Crippen LogP contribution in [0.15, 0.2) is 35.7 Å². The number of amides is 2. The molecule has 160 valence electrons. The first-order valence-corrected chi connectivity index (χ1v) is 11.4. The molecule has 7 heteroatoms. The molecule has 1 fully saturated rings. The minimum Gasteiger partial charge on any atom is -0.488 e. The Kier molecular flexibility index (Phi) is 5.99. The molecule has 2 aromatic rings. The quantitative estimate of drug-likeness (QED) is 0.715. The Labute approximate surface area is 181 Å². The van der Waals surface area contributed by atoms with Crippen molar-refractivity contribution in [2.75, 3.05) is 26.2 Å². The molecule has 0 saturated carbocycles. The maximum atomic E-state index is 12.5. The fourth-order valence-corrected chi connectivity index (χ4v) is 4.77. The van der Waals surface area contributed by atoms with Gasteiger partial charge in [0, 0.05) is 31.0 Å². The average Bonchev–Trinajstić information content (AvgIpc) is 3.37. The molecule has 1 N–H and O–H groups in total. The molecule has 30 heavy (non-hydrogen) atoms. The molecule has 1 aromatic heterocycles. The summed E-state index contributed by atoms with van der Waals surface area (Å²) in [6, 6.07) is 9.68. The van der Waals surface area contributed by atoms with E-state index >= 15 is 0 Å². The molecule has 1 saturated heterocycles. The van der Waals surface area contributed by atoms with Crippen LogP contribution in [-0.2, 0) is 11.2 Å².